The topological polar surface area (TPSA) is 103 Å². The number of benzene rings is 1. The molecule has 3 N–H and O–H groups in total. The molecular formula is C21H16ClN7O. The second-order valence-corrected chi connectivity index (χ2v) is 6.97. The van der Waals surface area contributed by atoms with E-state index in [2.05, 4.69) is 25.1 Å². The zero-order chi connectivity index (χ0) is 21.3. The summed E-state index contributed by atoms with van der Waals surface area (Å²) in [5.41, 5.74) is 6.91. The highest BCUT2D eigenvalue weighted by Gasteiger charge is 2.19. The molecule has 0 aliphatic carbocycles. The molecule has 1 aromatic carbocycles. The van der Waals surface area contributed by atoms with E-state index < -0.39 is 6.04 Å². The number of nitrogens with one attached hydrogen (secondary N) is 1. The number of aromatic nitrogens is 4. The minimum absolute atomic E-state index is 0.0482. The molecule has 0 aliphatic heterocycles. The summed E-state index contributed by atoms with van der Waals surface area (Å²) in [4.78, 5) is 29.0. The second-order valence-electron chi connectivity index (χ2n) is 6.56. The molecule has 8 nitrogen and oxygen atoms in total. The van der Waals surface area contributed by atoms with Gasteiger partial charge in [0.2, 0.25) is 11.6 Å². The maximum absolute atomic E-state index is 13.4. The van der Waals surface area contributed by atoms with Gasteiger partial charge in [-0.25, -0.2) is 14.8 Å². The van der Waals surface area contributed by atoms with E-state index in [1.54, 1.807) is 41.2 Å². The molecule has 0 amide bonds. The Hall–Kier alpha value is -3.96. The zero-order valence-electron chi connectivity index (χ0n) is 15.9. The summed E-state index contributed by atoms with van der Waals surface area (Å²) in [6.45, 7) is 9.20. The first-order valence-corrected chi connectivity index (χ1v) is 9.38. The highest BCUT2D eigenvalue weighted by molar-refractivity contribution is 6.35. The lowest BCUT2D eigenvalue weighted by atomic mass is 10.1. The highest BCUT2D eigenvalue weighted by atomic mass is 35.5. The Kier molecular flexibility index (Phi) is 5.04. The van der Waals surface area contributed by atoms with Crippen molar-refractivity contribution in [1.29, 1.82) is 0 Å². The Balaban J connectivity index is 1.93. The molecule has 4 aromatic rings. The number of anilines is 2. The van der Waals surface area contributed by atoms with Gasteiger partial charge in [0, 0.05) is 18.1 Å². The Morgan fingerprint density at radius 3 is 2.83 bits per heavy atom. The number of hydrogen-bond acceptors (Lipinski definition) is 6. The van der Waals surface area contributed by atoms with Crippen LogP contribution in [0.5, 0.6) is 0 Å². The van der Waals surface area contributed by atoms with Gasteiger partial charge >= 0.3 is 0 Å². The van der Waals surface area contributed by atoms with Crippen LogP contribution >= 0.6 is 11.6 Å². The molecule has 0 fully saturated rings. The van der Waals surface area contributed by atoms with Crippen molar-refractivity contribution in [1.82, 2.24) is 19.5 Å². The monoisotopic (exact) mass is 417 g/mol. The largest absolute Gasteiger partial charge is 0.371 e. The summed E-state index contributed by atoms with van der Waals surface area (Å²) < 4.78 is 1.56. The lowest BCUT2D eigenvalue weighted by Gasteiger charge is -2.22. The van der Waals surface area contributed by atoms with Gasteiger partial charge in [0.15, 0.2) is 0 Å². The van der Waals surface area contributed by atoms with Crippen LogP contribution in [-0.4, -0.2) is 19.5 Å². The van der Waals surface area contributed by atoms with Gasteiger partial charge in [-0.15, -0.1) is 0 Å². The summed E-state index contributed by atoms with van der Waals surface area (Å²) in [7, 11) is 0. The van der Waals surface area contributed by atoms with E-state index in [4.69, 9.17) is 23.9 Å². The van der Waals surface area contributed by atoms with Gasteiger partial charge < -0.3 is 11.1 Å². The Bertz CT molecular complexity index is 1350. The number of hydrogen-bond donors (Lipinski definition) is 2. The molecule has 9 heteroatoms. The first kappa shape index (κ1) is 19.4. The van der Waals surface area contributed by atoms with E-state index in [1.165, 1.54) is 6.20 Å². The number of halogens is 1. The van der Waals surface area contributed by atoms with Crippen LogP contribution in [0.3, 0.4) is 0 Å². The third kappa shape index (κ3) is 3.43. The van der Waals surface area contributed by atoms with Gasteiger partial charge in [-0.2, -0.15) is 0 Å². The van der Waals surface area contributed by atoms with Crippen LogP contribution in [0.4, 0.5) is 17.5 Å². The average molecular weight is 418 g/mol. The van der Waals surface area contributed by atoms with Crippen LogP contribution < -0.4 is 16.6 Å². The standard InChI is InChI=1S/C21H16ClN7O/c1-12(27-19-16(24-2)11-26-21(23)28-19)17-9-13-5-3-7-15(22)18(13)20(30)29(17)14-6-4-8-25-10-14/h3-12H,1H3,(H3,23,26,27,28)/t12-/m0/s1. The van der Waals surface area contributed by atoms with Gasteiger partial charge in [0.05, 0.1) is 34.9 Å². The maximum atomic E-state index is 13.4. The van der Waals surface area contributed by atoms with Crippen molar-refractivity contribution in [2.24, 2.45) is 0 Å². The van der Waals surface area contributed by atoms with Crippen molar-refractivity contribution in [3.05, 3.63) is 87.5 Å². The molecule has 0 unspecified atom stereocenters. The fraction of sp³-hybridized carbons (Fsp3) is 0.0952. The normalized spacial score (nSPS) is 11.8. The van der Waals surface area contributed by atoms with Crippen molar-refractivity contribution in [3.8, 4) is 5.69 Å². The van der Waals surface area contributed by atoms with E-state index >= 15 is 0 Å². The molecule has 0 saturated heterocycles. The first-order chi connectivity index (χ1) is 14.5. The number of fused-ring (bicyclic) bond motifs is 1. The molecular weight excluding hydrogens is 402 g/mol. The third-order valence-electron chi connectivity index (χ3n) is 4.63. The van der Waals surface area contributed by atoms with E-state index in [9.17, 15) is 4.79 Å². The fourth-order valence-corrected chi connectivity index (χ4v) is 3.53. The van der Waals surface area contributed by atoms with Gasteiger partial charge in [-0.1, -0.05) is 23.7 Å². The second kappa shape index (κ2) is 7.81. The van der Waals surface area contributed by atoms with Gasteiger partial charge in [0.25, 0.3) is 5.56 Å². The van der Waals surface area contributed by atoms with Crippen molar-refractivity contribution in [2.75, 3.05) is 11.1 Å². The lowest BCUT2D eigenvalue weighted by Crippen LogP contribution is -2.26. The minimum atomic E-state index is -0.406. The Labute approximate surface area is 176 Å². The van der Waals surface area contributed by atoms with Crippen LogP contribution in [0.15, 0.2) is 59.8 Å². The Morgan fingerprint density at radius 1 is 1.27 bits per heavy atom. The minimum Gasteiger partial charge on any atom is -0.371 e. The fourth-order valence-electron chi connectivity index (χ4n) is 3.27. The molecule has 148 valence electrons. The first-order valence-electron chi connectivity index (χ1n) is 9.00. The molecule has 3 heterocycles. The molecule has 0 saturated carbocycles. The quantitative estimate of drug-likeness (QED) is 0.484. The summed E-state index contributed by atoms with van der Waals surface area (Å²) in [5.74, 6) is 0.341. The smallest absolute Gasteiger partial charge is 0.264 e. The van der Waals surface area contributed by atoms with Gasteiger partial charge in [-0.3, -0.25) is 14.3 Å². The molecule has 0 aliphatic rings. The van der Waals surface area contributed by atoms with Crippen molar-refractivity contribution in [3.63, 3.8) is 0 Å². The van der Waals surface area contributed by atoms with Crippen LogP contribution in [0.25, 0.3) is 21.3 Å². The van der Waals surface area contributed by atoms with Crippen LogP contribution in [0.1, 0.15) is 18.7 Å². The summed E-state index contributed by atoms with van der Waals surface area (Å²) in [6, 6.07) is 10.3. The summed E-state index contributed by atoms with van der Waals surface area (Å²) >= 11 is 6.33. The summed E-state index contributed by atoms with van der Waals surface area (Å²) in [6.07, 6.45) is 4.60. The number of nitrogen functional groups attached to an aromatic ring is 1. The van der Waals surface area contributed by atoms with Gasteiger partial charge in [0.1, 0.15) is 5.82 Å². The van der Waals surface area contributed by atoms with Crippen molar-refractivity contribution in [2.45, 2.75) is 13.0 Å². The summed E-state index contributed by atoms with van der Waals surface area (Å²) in [5, 5.41) is 4.69. The number of nitrogens with zero attached hydrogens (tertiary/aromatic N) is 5. The molecule has 0 radical (unpaired) electrons. The molecule has 0 spiro atoms. The highest BCUT2D eigenvalue weighted by Crippen LogP contribution is 2.29. The van der Waals surface area contributed by atoms with E-state index in [0.717, 1.165) is 0 Å². The lowest BCUT2D eigenvalue weighted by molar-refractivity contribution is 0.772. The zero-order valence-corrected chi connectivity index (χ0v) is 16.6. The van der Waals surface area contributed by atoms with Crippen LogP contribution in [0, 0.1) is 6.57 Å². The van der Waals surface area contributed by atoms with Crippen LogP contribution in [-0.2, 0) is 0 Å². The van der Waals surface area contributed by atoms with Gasteiger partial charge in [-0.05, 0) is 36.6 Å². The Morgan fingerprint density at radius 2 is 2.10 bits per heavy atom. The van der Waals surface area contributed by atoms with E-state index in [-0.39, 0.29) is 17.2 Å². The number of rotatable bonds is 4. The molecule has 1 atom stereocenters. The molecule has 0 bridgehead atoms. The number of pyridine rings is 2. The van der Waals surface area contributed by atoms with Crippen molar-refractivity contribution < 1.29 is 0 Å². The third-order valence-corrected chi connectivity index (χ3v) is 4.95. The predicted molar refractivity (Wildman–Crippen MR) is 117 cm³/mol. The predicted octanol–water partition coefficient (Wildman–Crippen LogP) is 4.14. The molecule has 4 rings (SSSR count). The van der Waals surface area contributed by atoms with E-state index in [1.807, 2.05) is 19.1 Å². The molecule has 30 heavy (non-hydrogen) atoms. The maximum Gasteiger partial charge on any atom is 0.264 e. The molecule has 3 aromatic heterocycles. The number of nitrogens with two attached hydrogens (primary N) is 1. The van der Waals surface area contributed by atoms with Crippen molar-refractivity contribution >= 4 is 39.8 Å². The SMILES string of the molecule is [C-]#[N+]c1cnc(N)nc1N[C@@H](C)c1cc2cccc(Cl)c2c(=O)n1-c1cccnc1. The van der Waals surface area contributed by atoms with Crippen LogP contribution in [0.2, 0.25) is 5.02 Å². The van der Waals surface area contributed by atoms with E-state index in [0.29, 0.717) is 33.0 Å². The average Bonchev–Trinajstić information content (AvgIpc) is 2.74.